The normalized spacial score (nSPS) is 23.3. The molecule has 1 aliphatic rings. The zero-order chi connectivity index (χ0) is 14.0. The first kappa shape index (κ1) is 14.1. The third kappa shape index (κ3) is 2.98. The van der Waals surface area contributed by atoms with Crippen molar-refractivity contribution in [3.8, 4) is 0 Å². The van der Waals surface area contributed by atoms with Gasteiger partial charge in [0, 0.05) is 26.3 Å². The second-order valence-electron chi connectivity index (χ2n) is 4.88. The molecular formula is C13H18ClN3O2. The molecule has 1 aliphatic heterocycles. The molecule has 0 aromatic carbocycles. The molecule has 1 saturated heterocycles. The smallest absolute Gasteiger partial charge is 0.255 e. The monoisotopic (exact) mass is 283 g/mol. The average Bonchev–Trinajstić information content (AvgIpc) is 2.41. The highest BCUT2D eigenvalue weighted by molar-refractivity contribution is 6.33. The highest BCUT2D eigenvalue weighted by Crippen LogP contribution is 2.23. The van der Waals surface area contributed by atoms with Gasteiger partial charge < -0.3 is 15.3 Å². The number of amides is 1. The summed E-state index contributed by atoms with van der Waals surface area (Å²) in [6, 6.07) is 1.65. The van der Waals surface area contributed by atoms with Crippen LogP contribution in [0.4, 0.5) is 5.82 Å². The van der Waals surface area contributed by atoms with E-state index in [0.29, 0.717) is 35.9 Å². The van der Waals surface area contributed by atoms with Crippen LogP contribution in [-0.2, 0) is 0 Å². The molecule has 6 heteroatoms. The Morgan fingerprint density at radius 2 is 2.37 bits per heavy atom. The summed E-state index contributed by atoms with van der Waals surface area (Å²) in [5, 5.41) is 12.9. The zero-order valence-corrected chi connectivity index (χ0v) is 11.8. The van der Waals surface area contributed by atoms with Gasteiger partial charge in [-0.1, -0.05) is 18.5 Å². The van der Waals surface area contributed by atoms with Gasteiger partial charge >= 0.3 is 0 Å². The van der Waals surface area contributed by atoms with Gasteiger partial charge in [-0.15, -0.1) is 0 Å². The van der Waals surface area contributed by atoms with Crippen LogP contribution >= 0.6 is 11.6 Å². The van der Waals surface area contributed by atoms with E-state index in [2.05, 4.69) is 10.3 Å². The molecule has 2 heterocycles. The largest absolute Gasteiger partial charge is 0.393 e. The molecule has 5 nitrogen and oxygen atoms in total. The van der Waals surface area contributed by atoms with Crippen molar-refractivity contribution in [3.63, 3.8) is 0 Å². The summed E-state index contributed by atoms with van der Waals surface area (Å²) < 4.78 is 0. The molecular weight excluding hydrogens is 266 g/mol. The van der Waals surface area contributed by atoms with Crippen LogP contribution in [0.2, 0.25) is 5.02 Å². The van der Waals surface area contributed by atoms with E-state index < -0.39 is 0 Å². The number of pyridine rings is 1. The Kier molecular flexibility index (Phi) is 4.27. The summed E-state index contributed by atoms with van der Waals surface area (Å²) in [5.74, 6) is 0.586. The summed E-state index contributed by atoms with van der Waals surface area (Å²) in [6.07, 6.45) is 1.75. The van der Waals surface area contributed by atoms with Crippen molar-refractivity contribution >= 4 is 23.3 Å². The number of aliphatic hydroxyl groups is 1. The molecule has 2 rings (SSSR count). The van der Waals surface area contributed by atoms with Crippen LogP contribution in [0.15, 0.2) is 12.3 Å². The summed E-state index contributed by atoms with van der Waals surface area (Å²) in [6.45, 7) is 3.04. The van der Waals surface area contributed by atoms with E-state index in [9.17, 15) is 9.90 Å². The van der Waals surface area contributed by atoms with Crippen LogP contribution in [0, 0.1) is 5.92 Å². The van der Waals surface area contributed by atoms with E-state index in [-0.39, 0.29) is 17.9 Å². The van der Waals surface area contributed by atoms with E-state index in [4.69, 9.17) is 11.6 Å². The van der Waals surface area contributed by atoms with Gasteiger partial charge in [0.15, 0.2) is 0 Å². The maximum absolute atomic E-state index is 12.4. The van der Waals surface area contributed by atoms with Gasteiger partial charge in [-0.2, -0.15) is 0 Å². The van der Waals surface area contributed by atoms with Gasteiger partial charge in [-0.3, -0.25) is 4.79 Å². The molecule has 0 spiro atoms. The number of rotatable bonds is 2. The SMILES string of the molecule is CNc1cc(C(=O)N2CCC(O)C(C)C2)c(Cl)cn1. The molecule has 2 atom stereocenters. The zero-order valence-electron chi connectivity index (χ0n) is 11.1. The fraction of sp³-hybridized carbons (Fsp3) is 0.538. The molecule has 2 unspecified atom stereocenters. The highest BCUT2D eigenvalue weighted by atomic mass is 35.5. The van der Waals surface area contributed by atoms with Crippen molar-refractivity contribution in [2.45, 2.75) is 19.4 Å². The van der Waals surface area contributed by atoms with E-state index in [1.54, 1.807) is 18.0 Å². The number of piperidine rings is 1. The molecule has 1 amide bonds. The first-order valence-electron chi connectivity index (χ1n) is 6.33. The van der Waals surface area contributed by atoms with E-state index in [1.807, 2.05) is 6.92 Å². The number of halogens is 1. The number of hydrogen-bond donors (Lipinski definition) is 2. The lowest BCUT2D eigenvalue weighted by Gasteiger charge is -2.34. The Morgan fingerprint density at radius 3 is 3.00 bits per heavy atom. The summed E-state index contributed by atoms with van der Waals surface area (Å²) in [7, 11) is 1.74. The van der Waals surface area contributed by atoms with Crippen LogP contribution in [0.3, 0.4) is 0 Å². The number of aliphatic hydroxyl groups excluding tert-OH is 1. The Balaban J connectivity index is 2.20. The van der Waals surface area contributed by atoms with Crippen LogP contribution in [-0.4, -0.2) is 47.1 Å². The second kappa shape index (κ2) is 5.75. The molecule has 1 aromatic heterocycles. The third-order valence-corrected chi connectivity index (χ3v) is 3.79. The molecule has 0 aliphatic carbocycles. The molecule has 1 aromatic rings. The summed E-state index contributed by atoms with van der Waals surface area (Å²) >= 11 is 6.05. The average molecular weight is 284 g/mol. The lowest BCUT2D eigenvalue weighted by molar-refractivity contribution is 0.0297. The fourth-order valence-corrected chi connectivity index (χ4v) is 2.41. The first-order valence-corrected chi connectivity index (χ1v) is 6.71. The van der Waals surface area contributed by atoms with Gasteiger partial charge in [0.2, 0.25) is 0 Å². The number of anilines is 1. The number of carbonyl (C=O) groups excluding carboxylic acids is 1. The quantitative estimate of drug-likeness (QED) is 0.866. The topological polar surface area (TPSA) is 65.5 Å². The van der Waals surface area contributed by atoms with Gasteiger partial charge in [0.25, 0.3) is 5.91 Å². The van der Waals surface area contributed by atoms with E-state index in [0.717, 1.165) is 0 Å². The maximum atomic E-state index is 12.4. The molecule has 0 radical (unpaired) electrons. The Morgan fingerprint density at radius 1 is 1.63 bits per heavy atom. The third-order valence-electron chi connectivity index (χ3n) is 3.49. The second-order valence-corrected chi connectivity index (χ2v) is 5.29. The molecule has 1 fully saturated rings. The minimum atomic E-state index is -0.329. The predicted molar refractivity (Wildman–Crippen MR) is 74.5 cm³/mol. The van der Waals surface area contributed by atoms with Crippen molar-refractivity contribution in [3.05, 3.63) is 22.8 Å². The van der Waals surface area contributed by atoms with Crippen molar-refractivity contribution in [2.24, 2.45) is 5.92 Å². The molecule has 19 heavy (non-hydrogen) atoms. The predicted octanol–water partition coefficient (Wildman–Crippen LogP) is 1.62. The Labute approximate surface area is 117 Å². The number of hydrogen-bond acceptors (Lipinski definition) is 4. The Bertz CT molecular complexity index is 481. The van der Waals surface area contributed by atoms with E-state index in [1.165, 1.54) is 6.20 Å². The van der Waals surface area contributed by atoms with Crippen molar-refractivity contribution < 1.29 is 9.90 Å². The summed E-state index contributed by atoms with van der Waals surface area (Å²) in [5.41, 5.74) is 0.449. The van der Waals surface area contributed by atoms with Crippen LogP contribution in [0.25, 0.3) is 0 Å². The molecule has 2 N–H and O–H groups in total. The number of nitrogens with one attached hydrogen (secondary N) is 1. The van der Waals surface area contributed by atoms with Gasteiger partial charge in [0.1, 0.15) is 5.82 Å². The van der Waals surface area contributed by atoms with Crippen LogP contribution in [0.5, 0.6) is 0 Å². The number of carbonyl (C=O) groups is 1. The van der Waals surface area contributed by atoms with Gasteiger partial charge in [0.05, 0.1) is 16.7 Å². The van der Waals surface area contributed by atoms with Crippen molar-refractivity contribution in [2.75, 3.05) is 25.5 Å². The number of aromatic nitrogens is 1. The van der Waals surface area contributed by atoms with Crippen LogP contribution < -0.4 is 5.32 Å². The van der Waals surface area contributed by atoms with Gasteiger partial charge in [-0.05, 0) is 18.4 Å². The molecule has 0 saturated carbocycles. The highest BCUT2D eigenvalue weighted by Gasteiger charge is 2.28. The number of likely N-dealkylation sites (tertiary alicyclic amines) is 1. The van der Waals surface area contributed by atoms with E-state index >= 15 is 0 Å². The fourth-order valence-electron chi connectivity index (χ4n) is 2.23. The lowest BCUT2D eigenvalue weighted by Crippen LogP contribution is -2.45. The number of nitrogens with zero attached hydrogens (tertiary/aromatic N) is 2. The minimum absolute atomic E-state index is 0.0853. The van der Waals surface area contributed by atoms with Crippen molar-refractivity contribution in [1.82, 2.24) is 9.88 Å². The molecule has 104 valence electrons. The van der Waals surface area contributed by atoms with Crippen LogP contribution in [0.1, 0.15) is 23.7 Å². The minimum Gasteiger partial charge on any atom is -0.393 e. The maximum Gasteiger partial charge on any atom is 0.255 e. The van der Waals surface area contributed by atoms with Crippen molar-refractivity contribution in [1.29, 1.82) is 0 Å². The first-order chi connectivity index (χ1) is 9.02. The molecule has 0 bridgehead atoms. The van der Waals surface area contributed by atoms with Gasteiger partial charge in [-0.25, -0.2) is 4.98 Å². The summed E-state index contributed by atoms with van der Waals surface area (Å²) in [4.78, 5) is 18.2. The standard InChI is InChI=1S/C13H18ClN3O2/c1-8-7-17(4-3-11(8)18)13(19)9-5-12(15-2)16-6-10(9)14/h5-6,8,11,18H,3-4,7H2,1-2H3,(H,15,16). The Hall–Kier alpha value is -1.33. The lowest BCUT2D eigenvalue weighted by atomic mass is 9.96.